The molecule has 3 fully saturated rings. The molecule has 8 nitrogen and oxygen atoms in total. The fourth-order valence-corrected chi connectivity index (χ4v) is 9.36. The van der Waals surface area contributed by atoms with Gasteiger partial charge in [0.15, 0.2) is 0 Å². The van der Waals surface area contributed by atoms with E-state index in [-0.39, 0.29) is 30.3 Å². The van der Waals surface area contributed by atoms with Gasteiger partial charge in [-0.1, -0.05) is 65.5 Å². The van der Waals surface area contributed by atoms with Gasteiger partial charge < -0.3 is 30.9 Å². The van der Waals surface area contributed by atoms with Crippen molar-refractivity contribution in [1.29, 1.82) is 0 Å². The summed E-state index contributed by atoms with van der Waals surface area (Å²) in [6, 6.07) is 0. The molecule has 0 radical (unpaired) electrons. The van der Waals surface area contributed by atoms with Crippen molar-refractivity contribution in [2.75, 3.05) is 19.8 Å². The predicted octanol–water partition coefficient (Wildman–Crippen LogP) is 5.47. The summed E-state index contributed by atoms with van der Waals surface area (Å²) in [6.07, 6.45) is 16.0. The maximum absolute atomic E-state index is 12.1. The molecule has 0 aromatic carbocycles. The van der Waals surface area contributed by atoms with Crippen LogP contribution in [0.25, 0.3) is 0 Å². The molecular weight excluding hydrogens is 546 g/mol. The van der Waals surface area contributed by atoms with E-state index in [1.165, 1.54) is 56.9 Å². The van der Waals surface area contributed by atoms with E-state index in [1.54, 1.807) is 0 Å². The van der Waals surface area contributed by atoms with E-state index in [0.29, 0.717) is 5.41 Å². The van der Waals surface area contributed by atoms with Crippen LogP contribution in [0, 0.1) is 46.3 Å². The van der Waals surface area contributed by atoms with Crippen LogP contribution in [0.3, 0.4) is 0 Å². The maximum atomic E-state index is 12.1. The fraction of sp³-hybridized carbons (Fsp3) is 0.886. The van der Waals surface area contributed by atoms with Crippen molar-refractivity contribution in [3.05, 3.63) is 11.6 Å². The molecule has 43 heavy (non-hydrogen) atoms. The Morgan fingerprint density at radius 2 is 1.65 bits per heavy atom. The second-order valence-corrected chi connectivity index (χ2v) is 15.4. The average molecular weight is 608 g/mol. The molecule has 0 unspecified atom stereocenters. The lowest BCUT2D eigenvalue weighted by Crippen LogP contribution is -2.51. The number of nitrogens with two attached hydrogens (primary N) is 1. The van der Waals surface area contributed by atoms with Crippen molar-refractivity contribution in [3.63, 3.8) is 0 Å². The second kappa shape index (κ2) is 15.2. The van der Waals surface area contributed by atoms with Crippen LogP contribution in [0.15, 0.2) is 11.6 Å². The maximum Gasteiger partial charge on any atom is 0.306 e. The molecule has 0 aliphatic heterocycles. The first-order chi connectivity index (χ1) is 20.2. The zero-order valence-electron chi connectivity index (χ0n) is 27.5. The number of rotatable bonds is 12. The van der Waals surface area contributed by atoms with Gasteiger partial charge in [-0.3, -0.25) is 9.59 Å². The number of carboxylic acids is 1. The van der Waals surface area contributed by atoms with E-state index in [0.717, 1.165) is 54.8 Å². The van der Waals surface area contributed by atoms with E-state index in [4.69, 9.17) is 30.9 Å². The minimum absolute atomic E-state index is 0.0236. The highest BCUT2D eigenvalue weighted by molar-refractivity contribution is 5.76. The van der Waals surface area contributed by atoms with Crippen LogP contribution in [0.5, 0.6) is 0 Å². The third-order valence-electron chi connectivity index (χ3n) is 12.0. The summed E-state index contributed by atoms with van der Waals surface area (Å²) in [6.45, 7) is 11.2. The normalized spacial score (nSPS) is 34.2. The fourth-order valence-electron chi connectivity index (χ4n) is 9.36. The predicted molar refractivity (Wildman–Crippen MR) is 168 cm³/mol. The van der Waals surface area contributed by atoms with Crippen molar-refractivity contribution in [2.45, 2.75) is 130 Å². The van der Waals surface area contributed by atoms with Crippen molar-refractivity contribution in [3.8, 4) is 0 Å². The van der Waals surface area contributed by atoms with Gasteiger partial charge in [-0.05, 0) is 91.3 Å². The third kappa shape index (κ3) is 8.42. The molecule has 0 aromatic heterocycles. The number of fused-ring (bicyclic) bond motifs is 5. The van der Waals surface area contributed by atoms with Crippen LogP contribution >= 0.6 is 0 Å². The van der Waals surface area contributed by atoms with Gasteiger partial charge in [0.2, 0.25) is 0 Å². The minimum atomic E-state index is -1.21. The number of hydrogen-bond donors (Lipinski definition) is 5. The summed E-state index contributed by atoms with van der Waals surface area (Å²) in [5.41, 5.74) is 6.21. The minimum Gasteiger partial charge on any atom is -0.481 e. The Hall–Kier alpha value is -1.48. The van der Waals surface area contributed by atoms with Crippen LogP contribution < -0.4 is 5.73 Å². The zero-order valence-corrected chi connectivity index (χ0v) is 27.5. The van der Waals surface area contributed by atoms with Crippen molar-refractivity contribution in [1.82, 2.24) is 0 Å². The lowest BCUT2D eigenvalue weighted by atomic mass is 9.47. The SMILES string of the molecule is CC(C)CCC[C@@H](C)[C@H]1CC[C@H]2[C@@H]3CC=C4C[C@@H](OC(=O)CCC(=O)O)CC[C@@]4(C)[C@H]3CC[C@@]12C.NC(CO)(CO)CO. The quantitative estimate of drug-likeness (QED) is 0.145. The third-order valence-corrected chi connectivity index (χ3v) is 12.0. The first kappa shape index (κ1) is 36.0. The first-order valence-corrected chi connectivity index (χ1v) is 16.9. The number of allylic oxidation sites excluding steroid dienone is 1. The smallest absolute Gasteiger partial charge is 0.306 e. The lowest BCUT2D eigenvalue weighted by Gasteiger charge is -2.58. The number of esters is 1. The highest BCUT2D eigenvalue weighted by atomic mass is 16.5. The van der Waals surface area contributed by atoms with Crippen LogP contribution in [0.1, 0.15) is 118 Å². The van der Waals surface area contributed by atoms with Gasteiger partial charge in [-0.15, -0.1) is 0 Å². The molecule has 8 atom stereocenters. The molecule has 0 heterocycles. The van der Waals surface area contributed by atoms with Gasteiger partial charge >= 0.3 is 11.9 Å². The zero-order chi connectivity index (χ0) is 32.0. The molecule has 4 rings (SSSR count). The average Bonchev–Trinajstić information content (AvgIpc) is 3.33. The van der Waals surface area contributed by atoms with Crippen molar-refractivity contribution >= 4 is 11.9 Å². The summed E-state index contributed by atoms with van der Waals surface area (Å²) >= 11 is 0. The molecule has 4 aliphatic rings. The van der Waals surface area contributed by atoms with Crippen LogP contribution in [0.4, 0.5) is 0 Å². The summed E-state index contributed by atoms with van der Waals surface area (Å²) in [7, 11) is 0. The largest absolute Gasteiger partial charge is 0.481 e. The second-order valence-electron chi connectivity index (χ2n) is 15.4. The number of aliphatic hydroxyl groups excluding tert-OH is 3. The molecule has 3 saturated carbocycles. The van der Waals surface area contributed by atoms with Gasteiger partial charge in [0.05, 0.1) is 38.2 Å². The first-order valence-electron chi connectivity index (χ1n) is 16.9. The molecule has 0 bridgehead atoms. The molecule has 4 aliphatic carbocycles. The molecule has 0 aromatic rings. The van der Waals surface area contributed by atoms with Gasteiger partial charge in [-0.2, -0.15) is 0 Å². The van der Waals surface area contributed by atoms with Gasteiger partial charge in [0.1, 0.15) is 6.10 Å². The van der Waals surface area contributed by atoms with Crippen LogP contribution in [-0.4, -0.2) is 63.8 Å². The molecule has 8 heteroatoms. The highest BCUT2D eigenvalue weighted by Crippen LogP contribution is 2.67. The number of carboxylic acid groups (broad SMARTS) is 1. The number of hydrogen-bond acceptors (Lipinski definition) is 7. The Labute approximate surface area is 259 Å². The van der Waals surface area contributed by atoms with E-state index in [2.05, 4.69) is 40.7 Å². The Morgan fingerprint density at radius 1 is 0.977 bits per heavy atom. The standard InChI is InChI=1S/C31H50O4.C4H11NO3/c1-20(2)7-6-8-21(3)25-11-12-26-24-10-9-22-19-23(35-29(34)14-13-28(32)33)15-17-30(22,4)27(24)16-18-31(25,26)5;5-4(1-6,2-7)3-8/h9,20-21,23-27H,6-8,10-19H2,1-5H3,(H,32,33);6-8H,1-3,5H2/t21-,23+,24+,25-,26+,27+,30-,31+;/m1./s1. The van der Waals surface area contributed by atoms with Crippen molar-refractivity contribution in [2.24, 2.45) is 52.1 Å². The van der Waals surface area contributed by atoms with Crippen LogP contribution in [0.2, 0.25) is 0 Å². The topological polar surface area (TPSA) is 150 Å². The Bertz CT molecular complexity index is 954. The monoisotopic (exact) mass is 607 g/mol. The Balaban J connectivity index is 0.000000557. The summed E-state index contributed by atoms with van der Waals surface area (Å²) in [4.78, 5) is 22.9. The van der Waals surface area contributed by atoms with E-state index >= 15 is 0 Å². The van der Waals surface area contributed by atoms with Crippen molar-refractivity contribution < 1.29 is 34.8 Å². The molecule has 0 amide bonds. The summed E-state index contributed by atoms with van der Waals surface area (Å²) in [5, 5.41) is 33.9. The molecular formula is C35H61NO7. The highest BCUT2D eigenvalue weighted by Gasteiger charge is 2.59. The van der Waals surface area contributed by atoms with E-state index in [1.807, 2.05) is 0 Å². The summed E-state index contributed by atoms with van der Waals surface area (Å²) < 4.78 is 5.70. The number of ether oxygens (including phenoxy) is 1. The summed E-state index contributed by atoms with van der Waals surface area (Å²) in [5.74, 6) is 3.68. The number of aliphatic hydroxyl groups is 3. The Morgan fingerprint density at radius 3 is 2.23 bits per heavy atom. The molecule has 0 saturated heterocycles. The van der Waals surface area contributed by atoms with E-state index in [9.17, 15) is 9.59 Å². The Kier molecular flexibility index (Phi) is 12.7. The van der Waals surface area contributed by atoms with E-state index < -0.39 is 31.3 Å². The number of aliphatic carboxylic acids is 1. The molecule has 0 spiro atoms. The van der Waals surface area contributed by atoms with Crippen LogP contribution in [-0.2, 0) is 14.3 Å². The van der Waals surface area contributed by atoms with Gasteiger partial charge in [0.25, 0.3) is 0 Å². The lowest BCUT2D eigenvalue weighted by molar-refractivity contribution is -0.154. The van der Waals surface area contributed by atoms with Gasteiger partial charge in [-0.25, -0.2) is 0 Å². The van der Waals surface area contributed by atoms with Gasteiger partial charge in [0, 0.05) is 6.42 Å². The molecule has 6 N–H and O–H groups in total. The number of carbonyl (C=O) groups is 2. The number of carbonyl (C=O) groups excluding carboxylic acids is 1. The molecule has 248 valence electrons.